The number of rotatable bonds is 5. The van der Waals surface area contributed by atoms with E-state index < -0.39 is 0 Å². The number of hydrogen-bond donors (Lipinski definition) is 0. The van der Waals surface area contributed by atoms with Crippen molar-refractivity contribution in [1.82, 2.24) is 9.55 Å². The predicted octanol–water partition coefficient (Wildman–Crippen LogP) is 3.43. The van der Waals surface area contributed by atoms with Gasteiger partial charge < -0.3 is 4.74 Å². The maximum atomic E-state index is 13.0. The summed E-state index contributed by atoms with van der Waals surface area (Å²) in [5.74, 6) is -0.238. The molecule has 5 nitrogen and oxygen atoms in total. The van der Waals surface area contributed by atoms with Crippen LogP contribution in [0.2, 0.25) is 0 Å². The Balaban J connectivity index is 2.06. The van der Waals surface area contributed by atoms with E-state index >= 15 is 0 Å². The minimum Gasteiger partial charge on any atom is -0.462 e. The lowest BCUT2D eigenvalue weighted by Gasteiger charge is -2.13. The number of benzene rings is 2. The van der Waals surface area contributed by atoms with Crippen molar-refractivity contribution < 1.29 is 9.53 Å². The van der Waals surface area contributed by atoms with Gasteiger partial charge in [-0.1, -0.05) is 42.1 Å². The molecule has 0 radical (unpaired) electrons. The normalized spacial score (nSPS) is 11.0. The molecule has 0 aliphatic carbocycles. The molecule has 25 heavy (non-hydrogen) atoms. The number of nitrogens with zero attached hydrogens (tertiary/aromatic N) is 2. The van der Waals surface area contributed by atoms with Gasteiger partial charge in [-0.3, -0.25) is 14.2 Å². The Kier molecular flexibility index (Phi) is 5.19. The highest BCUT2D eigenvalue weighted by atomic mass is 32.2. The van der Waals surface area contributed by atoms with Gasteiger partial charge in [-0.05, 0) is 38.1 Å². The highest BCUT2D eigenvalue weighted by molar-refractivity contribution is 7.99. The van der Waals surface area contributed by atoms with Gasteiger partial charge in [0.15, 0.2) is 5.16 Å². The van der Waals surface area contributed by atoms with Gasteiger partial charge in [0.25, 0.3) is 5.56 Å². The number of carbonyl (C=O) groups is 1. The molecule has 1 aromatic heterocycles. The van der Waals surface area contributed by atoms with Crippen LogP contribution in [0.1, 0.15) is 13.8 Å². The Morgan fingerprint density at radius 3 is 2.52 bits per heavy atom. The van der Waals surface area contributed by atoms with Crippen LogP contribution in [0.25, 0.3) is 16.6 Å². The van der Waals surface area contributed by atoms with Crippen molar-refractivity contribution in [2.24, 2.45) is 0 Å². The maximum absolute atomic E-state index is 13.0. The molecule has 128 valence electrons. The maximum Gasteiger partial charge on any atom is 0.316 e. The minimum absolute atomic E-state index is 0.0930. The Bertz CT molecular complexity index is 952. The van der Waals surface area contributed by atoms with Crippen molar-refractivity contribution in [1.29, 1.82) is 0 Å². The van der Waals surface area contributed by atoms with E-state index in [9.17, 15) is 9.59 Å². The number of para-hydroxylation sites is 2. The van der Waals surface area contributed by atoms with Gasteiger partial charge in [-0.25, -0.2) is 4.98 Å². The average Bonchev–Trinajstić information content (AvgIpc) is 2.60. The lowest BCUT2D eigenvalue weighted by Crippen LogP contribution is -2.22. The van der Waals surface area contributed by atoms with Gasteiger partial charge in [0.05, 0.1) is 28.4 Å². The Labute approximate surface area is 149 Å². The standard InChI is InChI=1S/C19H18N2O3S/c1-13(2)24-17(22)12-25-19-20-16-11-7-6-10-15(16)18(23)21(19)14-8-4-3-5-9-14/h3-11,13H,12H2,1-2H3. The molecule has 0 aliphatic rings. The molecule has 0 spiro atoms. The highest BCUT2D eigenvalue weighted by Gasteiger charge is 2.15. The molecule has 0 atom stereocenters. The molecule has 0 saturated heterocycles. The zero-order valence-corrected chi connectivity index (χ0v) is 14.8. The summed E-state index contributed by atoms with van der Waals surface area (Å²) in [7, 11) is 0. The van der Waals surface area contributed by atoms with Crippen molar-refractivity contribution in [3.63, 3.8) is 0 Å². The zero-order valence-electron chi connectivity index (χ0n) is 14.0. The zero-order chi connectivity index (χ0) is 17.8. The lowest BCUT2D eigenvalue weighted by molar-refractivity contribution is -0.144. The molecular weight excluding hydrogens is 336 g/mol. The van der Waals surface area contributed by atoms with Gasteiger partial charge >= 0.3 is 5.97 Å². The Hall–Kier alpha value is -2.60. The van der Waals surface area contributed by atoms with E-state index in [0.29, 0.717) is 21.7 Å². The van der Waals surface area contributed by atoms with Crippen LogP contribution in [-0.4, -0.2) is 27.4 Å². The summed E-state index contributed by atoms with van der Waals surface area (Å²) in [4.78, 5) is 29.4. The van der Waals surface area contributed by atoms with E-state index in [0.717, 1.165) is 0 Å². The first-order valence-electron chi connectivity index (χ1n) is 7.96. The second-order valence-corrected chi connectivity index (χ2v) is 6.66. The molecule has 0 amide bonds. The fourth-order valence-corrected chi connectivity index (χ4v) is 3.23. The third-order valence-electron chi connectivity index (χ3n) is 3.45. The van der Waals surface area contributed by atoms with Crippen LogP contribution in [0.4, 0.5) is 0 Å². The molecule has 0 fully saturated rings. The van der Waals surface area contributed by atoms with E-state index in [1.54, 1.807) is 26.0 Å². The molecule has 1 heterocycles. The summed E-state index contributed by atoms with van der Waals surface area (Å²) in [6.07, 6.45) is -0.172. The summed E-state index contributed by atoms with van der Waals surface area (Å²) in [5.41, 5.74) is 1.17. The van der Waals surface area contributed by atoms with Crippen molar-refractivity contribution in [3.05, 3.63) is 65.0 Å². The topological polar surface area (TPSA) is 61.2 Å². The quantitative estimate of drug-likeness (QED) is 0.399. The van der Waals surface area contributed by atoms with Gasteiger partial charge in [0, 0.05) is 0 Å². The number of aromatic nitrogens is 2. The molecule has 3 rings (SSSR count). The van der Waals surface area contributed by atoms with Crippen LogP contribution in [0.5, 0.6) is 0 Å². The van der Waals surface area contributed by atoms with Crippen molar-refractivity contribution in [2.75, 3.05) is 5.75 Å². The third-order valence-corrected chi connectivity index (χ3v) is 4.36. The smallest absolute Gasteiger partial charge is 0.316 e. The Morgan fingerprint density at radius 1 is 1.12 bits per heavy atom. The molecular formula is C19H18N2O3S. The molecule has 0 saturated carbocycles. The van der Waals surface area contributed by atoms with Crippen LogP contribution >= 0.6 is 11.8 Å². The fourth-order valence-electron chi connectivity index (χ4n) is 2.43. The van der Waals surface area contributed by atoms with Crippen LogP contribution in [0.3, 0.4) is 0 Å². The molecule has 0 aliphatic heterocycles. The van der Waals surface area contributed by atoms with Gasteiger partial charge in [0.1, 0.15) is 0 Å². The van der Waals surface area contributed by atoms with E-state index in [2.05, 4.69) is 4.98 Å². The number of carbonyl (C=O) groups excluding carboxylic acids is 1. The fraction of sp³-hybridized carbons (Fsp3) is 0.211. The van der Waals surface area contributed by atoms with Gasteiger partial charge in [-0.15, -0.1) is 0 Å². The SMILES string of the molecule is CC(C)OC(=O)CSc1nc2ccccc2c(=O)n1-c1ccccc1. The summed E-state index contributed by atoms with van der Waals surface area (Å²) in [5, 5.41) is 1.01. The third kappa shape index (κ3) is 3.91. The van der Waals surface area contributed by atoms with E-state index in [-0.39, 0.29) is 23.4 Å². The highest BCUT2D eigenvalue weighted by Crippen LogP contribution is 2.21. The second kappa shape index (κ2) is 7.53. The minimum atomic E-state index is -0.331. The summed E-state index contributed by atoms with van der Waals surface area (Å²) < 4.78 is 6.70. The van der Waals surface area contributed by atoms with E-state index in [1.165, 1.54) is 16.3 Å². The molecule has 0 unspecified atom stereocenters. The lowest BCUT2D eigenvalue weighted by atomic mass is 10.2. The molecule has 0 N–H and O–H groups in total. The summed E-state index contributed by atoms with van der Waals surface area (Å²) in [6, 6.07) is 16.5. The number of fused-ring (bicyclic) bond motifs is 1. The van der Waals surface area contributed by atoms with Crippen LogP contribution < -0.4 is 5.56 Å². The average molecular weight is 354 g/mol. The largest absolute Gasteiger partial charge is 0.462 e. The number of thioether (sulfide) groups is 1. The predicted molar refractivity (Wildman–Crippen MR) is 99.3 cm³/mol. The van der Waals surface area contributed by atoms with Crippen molar-refractivity contribution in [3.8, 4) is 5.69 Å². The van der Waals surface area contributed by atoms with Crippen LogP contribution in [-0.2, 0) is 9.53 Å². The molecule has 0 bridgehead atoms. The first-order chi connectivity index (χ1) is 12.1. The first-order valence-corrected chi connectivity index (χ1v) is 8.94. The first kappa shape index (κ1) is 17.2. The second-order valence-electron chi connectivity index (χ2n) is 5.71. The monoisotopic (exact) mass is 354 g/mol. The molecule has 2 aromatic carbocycles. The number of esters is 1. The van der Waals surface area contributed by atoms with E-state index in [4.69, 9.17) is 4.74 Å². The number of ether oxygens (including phenoxy) is 1. The Morgan fingerprint density at radius 2 is 1.80 bits per heavy atom. The van der Waals surface area contributed by atoms with Crippen molar-refractivity contribution >= 4 is 28.6 Å². The molecule has 3 aromatic rings. The van der Waals surface area contributed by atoms with Crippen LogP contribution in [0, 0.1) is 0 Å². The van der Waals surface area contributed by atoms with Crippen LogP contribution in [0.15, 0.2) is 64.5 Å². The molecule has 6 heteroatoms. The summed E-state index contributed by atoms with van der Waals surface area (Å²) in [6.45, 7) is 3.60. The summed E-state index contributed by atoms with van der Waals surface area (Å²) >= 11 is 1.20. The van der Waals surface area contributed by atoms with E-state index in [1.807, 2.05) is 42.5 Å². The van der Waals surface area contributed by atoms with Crippen molar-refractivity contribution in [2.45, 2.75) is 25.1 Å². The number of hydrogen-bond acceptors (Lipinski definition) is 5. The van der Waals surface area contributed by atoms with Gasteiger partial charge in [-0.2, -0.15) is 0 Å². The van der Waals surface area contributed by atoms with Gasteiger partial charge in [0.2, 0.25) is 0 Å².